The van der Waals surface area contributed by atoms with Gasteiger partial charge < -0.3 is 25.0 Å². The lowest BCUT2D eigenvalue weighted by Crippen LogP contribution is -2.56. The molecule has 1 saturated carbocycles. The first-order chi connectivity index (χ1) is 19.8. The number of carbonyl (C=O) groups is 3. The molecule has 3 heterocycles. The van der Waals surface area contributed by atoms with E-state index in [0.29, 0.717) is 17.4 Å². The fraction of sp³-hybridized carbons (Fsp3) is 0.485. The number of nitrogens with zero attached hydrogens (tertiary/aromatic N) is 1. The van der Waals surface area contributed by atoms with E-state index in [1.807, 2.05) is 60.7 Å². The van der Waals surface area contributed by atoms with Crippen molar-refractivity contribution in [1.82, 2.24) is 10.2 Å². The van der Waals surface area contributed by atoms with Gasteiger partial charge in [-0.25, -0.2) is 0 Å². The minimum atomic E-state index is -1.18. The predicted octanol–water partition coefficient (Wildman–Crippen LogP) is 4.56. The van der Waals surface area contributed by atoms with E-state index in [1.54, 1.807) is 12.0 Å². The molecule has 2 N–H and O–H groups in total. The summed E-state index contributed by atoms with van der Waals surface area (Å²) >= 11 is 0. The molecule has 8 nitrogen and oxygen atoms in total. The van der Waals surface area contributed by atoms with Crippen LogP contribution in [0.5, 0.6) is 5.75 Å². The maximum absolute atomic E-state index is 14.2. The highest BCUT2D eigenvalue weighted by Gasteiger charge is 2.72. The summed E-state index contributed by atoms with van der Waals surface area (Å²) in [5, 5.41) is 6.25. The van der Waals surface area contributed by atoms with Crippen LogP contribution in [0.1, 0.15) is 63.0 Å². The van der Waals surface area contributed by atoms with Crippen LogP contribution < -0.4 is 15.4 Å². The number of methoxy groups -OCH3 is 1. The van der Waals surface area contributed by atoms with Crippen molar-refractivity contribution >= 4 is 23.4 Å². The van der Waals surface area contributed by atoms with Crippen molar-refractivity contribution in [1.29, 1.82) is 0 Å². The fourth-order valence-electron chi connectivity index (χ4n) is 7.07. The quantitative estimate of drug-likeness (QED) is 0.464. The van der Waals surface area contributed by atoms with Gasteiger partial charge in [-0.3, -0.25) is 14.4 Å². The number of rotatable bonds is 8. The maximum Gasteiger partial charge on any atom is 0.246 e. The Kier molecular flexibility index (Phi) is 7.36. The molecule has 4 aliphatic rings. The van der Waals surface area contributed by atoms with Crippen LogP contribution >= 0.6 is 0 Å². The topological polar surface area (TPSA) is 97.0 Å². The largest absolute Gasteiger partial charge is 0.497 e. The predicted molar refractivity (Wildman–Crippen MR) is 155 cm³/mol. The van der Waals surface area contributed by atoms with Crippen LogP contribution in [0.2, 0.25) is 0 Å². The number of anilines is 1. The van der Waals surface area contributed by atoms with Crippen LogP contribution in [-0.2, 0) is 25.7 Å². The van der Waals surface area contributed by atoms with E-state index >= 15 is 0 Å². The monoisotopic (exact) mass is 557 g/mol. The molecule has 2 aromatic carbocycles. The van der Waals surface area contributed by atoms with Gasteiger partial charge in [0.25, 0.3) is 0 Å². The molecule has 2 bridgehead atoms. The van der Waals surface area contributed by atoms with E-state index in [-0.39, 0.29) is 30.3 Å². The molecule has 3 fully saturated rings. The maximum atomic E-state index is 14.2. The number of fused-ring (bicyclic) bond motifs is 1. The summed E-state index contributed by atoms with van der Waals surface area (Å²) in [7, 11) is 1.61. The second kappa shape index (κ2) is 11.0. The number of amides is 3. The molecule has 2 saturated heterocycles. The first-order valence-electron chi connectivity index (χ1n) is 14.8. The lowest BCUT2D eigenvalue weighted by molar-refractivity contribution is -0.142. The van der Waals surface area contributed by atoms with E-state index in [1.165, 1.54) is 12.0 Å². The Labute approximate surface area is 241 Å². The Morgan fingerprint density at radius 1 is 1.02 bits per heavy atom. The molecule has 216 valence electrons. The first-order valence-corrected chi connectivity index (χ1v) is 14.8. The molecular weight excluding hydrogens is 518 g/mol. The number of ether oxygens (including phenoxy) is 2. The van der Waals surface area contributed by atoms with Gasteiger partial charge in [-0.05, 0) is 54.2 Å². The molecule has 3 aliphatic heterocycles. The minimum absolute atomic E-state index is 0.0835. The molecule has 0 radical (unpaired) electrons. The number of hydrogen-bond acceptors (Lipinski definition) is 5. The highest BCUT2D eigenvalue weighted by Crippen LogP contribution is 2.55. The van der Waals surface area contributed by atoms with Crippen LogP contribution in [0.15, 0.2) is 60.7 Å². The van der Waals surface area contributed by atoms with E-state index in [0.717, 1.165) is 31.2 Å². The molecule has 2 aromatic rings. The van der Waals surface area contributed by atoms with Crippen LogP contribution in [-0.4, -0.2) is 53.5 Å². The zero-order valence-electron chi connectivity index (χ0n) is 24.0. The van der Waals surface area contributed by atoms with Crippen molar-refractivity contribution in [3.8, 4) is 5.75 Å². The average Bonchev–Trinajstić information content (AvgIpc) is 3.62. The number of hydrogen-bond donors (Lipinski definition) is 2. The van der Waals surface area contributed by atoms with Gasteiger partial charge in [-0.1, -0.05) is 69.5 Å². The third kappa shape index (κ3) is 4.92. The van der Waals surface area contributed by atoms with Gasteiger partial charge in [0.1, 0.15) is 17.4 Å². The Hall–Kier alpha value is -3.65. The summed E-state index contributed by atoms with van der Waals surface area (Å²) in [5.41, 5.74) is 1.54. The molecule has 1 aliphatic carbocycles. The van der Waals surface area contributed by atoms with E-state index in [9.17, 15) is 14.4 Å². The van der Waals surface area contributed by atoms with E-state index in [2.05, 4.69) is 24.5 Å². The normalized spacial score (nSPS) is 28.7. The second-order valence-corrected chi connectivity index (χ2v) is 12.1. The molecular formula is C33H39N3O5. The van der Waals surface area contributed by atoms with Gasteiger partial charge in [0.15, 0.2) is 0 Å². The molecule has 8 heteroatoms. The zero-order chi connectivity index (χ0) is 28.7. The van der Waals surface area contributed by atoms with Crippen molar-refractivity contribution in [2.75, 3.05) is 12.4 Å². The van der Waals surface area contributed by atoms with E-state index in [4.69, 9.17) is 9.47 Å². The minimum Gasteiger partial charge on any atom is -0.497 e. The van der Waals surface area contributed by atoms with Gasteiger partial charge in [0.2, 0.25) is 17.7 Å². The highest BCUT2D eigenvalue weighted by molar-refractivity contribution is 6.02. The molecule has 3 amide bonds. The van der Waals surface area contributed by atoms with Crippen molar-refractivity contribution in [2.45, 2.75) is 82.2 Å². The molecule has 41 heavy (non-hydrogen) atoms. The van der Waals surface area contributed by atoms with Crippen LogP contribution in [0.4, 0.5) is 5.69 Å². The Bertz CT molecular complexity index is 1330. The Balaban J connectivity index is 1.29. The highest BCUT2D eigenvalue weighted by atomic mass is 16.5. The van der Waals surface area contributed by atoms with Gasteiger partial charge in [0.05, 0.1) is 25.0 Å². The molecule has 1 spiro atoms. The van der Waals surface area contributed by atoms with Crippen molar-refractivity contribution in [3.63, 3.8) is 0 Å². The zero-order valence-corrected chi connectivity index (χ0v) is 24.0. The molecule has 0 unspecified atom stereocenters. The Morgan fingerprint density at radius 3 is 2.39 bits per heavy atom. The van der Waals surface area contributed by atoms with Crippen LogP contribution in [0.25, 0.3) is 0 Å². The number of carbonyl (C=O) groups excluding carboxylic acids is 3. The summed E-state index contributed by atoms with van der Waals surface area (Å²) in [4.78, 5) is 43.6. The summed E-state index contributed by atoms with van der Waals surface area (Å²) in [6.07, 6.45) is 8.35. The van der Waals surface area contributed by atoms with Gasteiger partial charge in [0, 0.05) is 18.3 Å². The lowest BCUT2D eigenvalue weighted by atomic mass is 9.74. The van der Waals surface area contributed by atoms with Gasteiger partial charge in [-0.15, -0.1) is 0 Å². The summed E-state index contributed by atoms with van der Waals surface area (Å²) < 4.78 is 11.8. The average molecular weight is 558 g/mol. The number of likely N-dealkylation sites (tertiary alicyclic amines) is 1. The lowest BCUT2D eigenvalue weighted by Gasteiger charge is -2.34. The summed E-state index contributed by atoms with van der Waals surface area (Å²) in [6, 6.07) is 14.5. The van der Waals surface area contributed by atoms with Crippen LogP contribution in [0.3, 0.4) is 0 Å². The smallest absolute Gasteiger partial charge is 0.246 e. The van der Waals surface area contributed by atoms with E-state index < -0.39 is 29.6 Å². The third-order valence-corrected chi connectivity index (χ3v) is 9.23. The number of benzene rings is 2. The van der Waals surface area contributed by atoms with Crippen molar-refractivity contribution < 1.29 is 23.9 Å². The summed E-state index contributed by atoms with van der Waals surface area (Å²) in [5.74, 6) is -1.13. The Morgan fingerprint density at radius 2 is 1.73 bits per heavy atom. The SMILES string of the molecule is COc1ccc(CN2C(=O)[C@@H]3[C@H](C(=O)Nc4ccc(C(C)C)cc4)[C@@H]4C=C[C@@]3(O4)[C@H]2C(=O)NC2CCCCC2)cc1. The van der Waals surface area contributed by atoms with Gasteiger partial charge >= 0.3 is 0 Å². The summed E-state index contributed by atoms with van der Waals surface area (Å²) in [6.45, 7) is 4.48. The van der Waals surface area contributed by atoms with Crippen molar-refractivity contribution in [3.05, 3.63) is 71.8 Å². The number of nitrogens with one attached hydrogen (secondary N) is 2. The molecule has 5 atom stereocenters. The fourth-order valence-corrected chi connectivity index (χ4v) is 7.07. The van der Waals surface area contributed by atoms with Gasteiger partial charge in [-0.2, -0.15) is 0 Å². The van der Waals surface area contributed by atoms with Crippen molar-refractivity contribution in [2.24, 2.45) is 11.8 Å². The molecule has 0 aromatic heterocycles. The standard InChI is InChI=1S/C33H39N3O5/c1-20(2)22-11-13-24(14-12-22)34-30(37)27-26-17-18-33(41-26)28(27)32(39)36(19-21-9-15-25(40-3)16-10-21)29(33)31(38)35-23-7-5-4-6-8-23/h9-18,20,23,26-29H,4-8,19H2,1-3H3,(H,34,37)(H,35,38)/t26-,27+,28-,29+,33-/m0/s1. The third-order valence-electron chi connectivity index (χ3n) is 9.23. The first kappa shape index (κ1) is 27.5. The molecule has 6 rings (SSSR count). The van der Waals surface area contributed by atoms with Crippen LogP contribution in [0, 0.1) is 11.8 Å². The second-order valence-electron chi connectivity index (χ2n) is 12.1.